The van der Waals surface area contributed by atoms with Gasteiger partial charge in [0.2, 0.25) is 11.7 Å². The molecule has 0 saturated carbocycles. The van der Waals surface area contributed by atoms with Gasteiger partial charge in [-0.25, -0.2) is 0 Å². The Labute approximate surface area is 129 Å². The molecule has 0 fully saturated rings. The molecule has 1 atom stereocenters. The Morgan fingerprint density at radius 1 is 1.41 bits per heavy atom. The number of aromatic nitrogens is 2. The maximum absolute atomic E-state index is 11.0. The molecule has 1 N–H and O–H groups in total. The molecule has 0 radical (unpaired) electrons. The lowest BCUT2D eigenvalue weighted by atomic mass is 10.1. The van der Waals surface area contributed by atoms with Crippen LogP contribution in [-0.2, 0) is 4.79 Å². The normalized spacial score (nSPS) is 12.5. The Balaban J connectivity index is 2.22. The molecule has 0 saturated heterocycles. The van der Waals surface area contributed by atoms with Gasteiger partial charge in [-0.3, -0.25) is 9.69 Å². The van der Waals surface area contributed by atoms with Crippen LogP contribution in [0.5, 0.6) is 0 Å². The summed E-state index contributed by atoms with van der Waals surface area (Å²) in [5, 5.41) is 13.0. The summed E-state index contributed by atoms with van der Waals surface area (Å²) in [5.41, 5.74) is 1.99. The highest BCUT2D eigenvalue weighted by Gasteiger charge is 2.23. The zero-order chi connectivity index (χ0) is 16.1. The molecular formula is C16H21N3O3. The van der Waals surface area contributed by atoms with E-state index < -0.39 is 5.97 Å². The number of carbonyl (C=O) groups is 1. The molecule has 0 aliphatic heterocycles. The number of hydrogen-bond donors (Lipinski definition) is 1. The second-order valence-corrected chi connectivity index (χ2v) is 5.31. The molecule has 6 nitrogen and oxygen atoms in total. The third-order valence-electron chi connectivity index (χ3n) is 3.58. The van der Waals surface area contributed by atoms with Gasteiger partial charge in [-0.15, -0.1) is 0 Å². The van der Waals surface area contributed by atoms with E-state index in [2.05, 4.69) is 10.1 Å². The maximum atomic E-state index is 11.0. The average Bonchev–Trinajstić information content (AvgIpc) is 2.95. The van der Waals surface area contributed by atoms with Crippen LogP contribution in [0.1, 0.15) is 37.8 Å². The molecule has 118 valence electrons. The second kappa shape index (κ2) is 7.17. The van der Waals surface area contributed by atoms with Crippen LogP contribution in [0.4, 0.5) is 0 Å². The fraction of sp³-hybridized carbons (Fsp3) is 0.438. The van der Waals surface area contributed by atoms with Crippen LogP contribution in [0, 0.1) is 6.92 Å². The molecular weight excluding hydrogens is 282 g/mol. The minimum absolute atomic E-state index is 0.0446. The third-order valence-corrected chi connectivity index (χ3v) is 3.58. The summed E-state index contributed by atoms with van der Waals surface area (Å²) in [6, 6.07) is 7.58. The van der Waals surface area contributed by atoms with Gasteiger partial charge < -0.3 is 9.63 Å². The number of benzene rings is 1. The standard InChI is InChI=1S/C16H21N3O3/c1-4-9-19(10-14(20)21)12(3)16-17-15(18-22-16)13-8-6-5-7-11(13)2/h5-8,12H,4,9-10H2,1-3H3,(H,20,21). The van der Waals surface area contributed by atoms with E-state index in [-0.39, 0.29) is 12.6 Å². The molecule has 22 heavy (non-hydrogen) atoms. The number of carboxylic acids is 1. The Morgan fingerprint density at radius 2 is 2.14 bits per heavy atom. The van der Waals surface area contributed by atoms with E-state index in [4.69, 9.17) is 9.63 Å². The Bertz CT molecular complexity index is 639. The monoisotopic (exact) mass is 303 g/mol. The summed E-state index contributed by atoms with van der Waals surface area (Å²) >= 11 is 0. The molecule has 6 heteroatoms. The van der Waals surface area contributed by atoms with Gasteiger partial charge in [-0.1, -0.05) is 36.3 Å². The minimum atomic E-state index is -0.862. The van der Waals surface area contributed by atoms with Gasteiger partial charge in [0.15, 0.2) is 0 Å². The summed E-state index contributed by atoms with van der Waals surface area (Å²) in [5.74, 6) is 0.110. The smallest absolute Gasteiger partial charge is 0.317 e. The Morgan fingerprint density at radius 3 is 2.77 bits per heavy atom. The number of rotatable bonds is 7. The fourth-order valence-electron chi connectivity index (χ4n) is 2.36. The highest BCUT2D eigenvalue weighted by molar-refractivity contribution is 5.69. The highest BCUT2D eigenvalue weighted by atomic mass is 16.5. The summed E-state index contributed by atoms with van der Waals surface area (Å²) in [7, 11) is 0. The quantitative estimate of drug-likeness (QED) is 0.847. The van der Waals surface area contributed by atoms with E-state index in [0.29, 0.717) is 18.3 Å². The number of aryl methyl sites for hydroxylation is 1. The van der Waals surface area contributed by atoms with E-state index in [0.717, 1.165) is 17.5 Å². The molecule has 1 aromatic carbocycles. The van der Waals surface area contributed by atoms with Crippen molar-refractivity contribution in [3.63, 3.8) is 0 Å². The minimum Gasteiger partial charge on any atom is -0.480 e. The lowest BCUT2D eigenvalue weighted by Gasteiger charge is -2.23. The summed E-state index contributed by atoms with van der Waals surface area (Å²) in [4.78, 5) is 17.2. The van der Waals surface area contributed by atoms with Gasteiger partial charge in [0.25, 0.3) is 0 Å². The van der Waals surface area contributed by atoms with Crippen molar-refractivity contribution in [3.05, 3.63) is 35.7 Å². The van der Waals surface area contributed by atoms with Crippen LogP contribution < -0.4 is 0 Å². The molecule has 2 rings (SSSR count). The van der Waals surface area contributed by atoms with Gasteiger partial charge in [0, 0.05) is 5.56 Å². The zero-order valence-electron chi connectivity index (χ0n) is 13.1. The molecule has 0 spiro atoms. The van der Waals surface area contributed by atoms with Crippen molar-refractivity contribution in [1.82, 2.24) is 15.0 Å². The highest BCUT2D eigenvalue weighted by Crippen LogP contribution is 2.24. The van der Waals surface area contributed by atoms with E-state index in [1.165, 1.54) is 0 Å². The molecule has 0 bridgehead atoms. The molecule has 2 aromatic rings. The summed E-state index contributed by atoms with van der Waals surface area (Å²) in [6.45, 7) is 6.50. The van der Waals surface area contributed by atoms with Crippen LogP contribution in [0.2, 0.25) is 0 Å². The van der Waals surface area contributed by atoms with Crippen LogP contribution in [0.15, 0.2) is 28.8 Å². The lowest BCUT2D eigenvalue weighted by molar-refractivity contribution is -0.139. The van der Waals surface area contributed by atoms with Crippen LogP contribution in [-0.4, -0.2) is 39.2 Å². The van der Waals surface area contributed by atoms with E-state index in [1.807, 2.05) is 49.9 Å². The Kier molecular flexibility index (Phi) is 5.27. The van der Waals surface area contributed by atoms with Crippen molar-refractivity contribution in [2.24, 2.45) is 0 Å². The molecule has 1 unspecified atom stereocenters. The third kappa shape index (κ3) is 3.71. The van der Waals surface area contributed by atoms with Crippen molar-refractivity contribution >= 4 is 5.97 Å². The maximum Gasteiger partial charge on any atom is 0.317 e. The number of carboxylic acid groups (broad SMARTS) is 1. The van der Waals surface area contributed by atoms with Crippen molar-refractivity contribution in [3.8, 4) is 11.4 Å². The molecule has 1 heterocycles. The SMILES string of the molecule is CCCN(CC(=O)O)C(C)c1nc(-c2ccccc2C)no1. The number of aliphatic carboxylic acids is 1. The largest absolute Gasteiger partial charge is 0.480 e. The van der Waals surface area contributed by atoms with Crippen molar-refractivity contribution in [2.75, 3.05) is 13.1 Å². The van der Waals surface area contributed by atoms with Crippen LogP contribution in [0.25, 0.3) is 11.4 Å². The van der Waals surface area contributed by atoms with Gasteiger partial charge >= 0.3 is 5.97 Å². The second-order valence-electron chi connectivity index (χ2n) is 5.31. The first-order valence-corrected chi connectivity index (χ1v) is 7.38. The van der Waals surface area contributed by atoms with Gasteiger partial charge in [0.1, 0.15) is 0 Å². The summed E-state index contributed by atoms with van der Waals surface area (Å²) < 4.78 is 5.35. The first-order valence-electron chi connectivity index (χ1n) is 7.38. The van der Waals surface area contributed by atoms with E-state index in [1.54, 1.807) is 0 Å². The predicted octanol–water partition coefficient (Wildman–Crippen LogP) is 2.90. The molecule has 0 aliphatic carbocycles. The number of hydrogen-bond acceptors (Lipinski definition) is 5. The topological polar surface area (TPSA) is 79.5 Å². The predicted molar refractivity (Wildman–Crippen MR) is 82.4 cm³/mol. The lowest BCUT2D eigenvalue weighted by Crippen LogP contribution is -2.33. The average molecular weight is 303 g/mol. The van der Waals surface area contributed by atoms with Gasteiger partial charge in [-0.2, -0.15) is 4.98 Å². The van der Waals surface area contributed by atoms with Crippen molar-refractivity contribution in [2.45, 2.75) is 33.2 Å². The van der Waals surface area contributed by atoms with Crippen molar-refractivity contribution in [1.29, 1.82) is 0 Å². The van der Waals surface area contributed by atoms with Gasteiger partial charge in [0.05, 0.1) is 12.6 Å². The van der Waals surface area contributed by atoms with E-state index in [9.17, 15) is 4.79 Å². The van der Waals surface area contributed by atoms with Crippen molar-refractivity contribution < 1.29 is 14.4 Å². The molecule has 0 aliphatic rings. The number of nitrogens with zero attached hydrogens (tertiary/aromatic N) is 3. The first-order chi connectivity index (χ1) is 10.5. The van der Waals surface area contributed by atoms with E-state index >= 15 is 0 Å². The summed E-state index contributed by atoms with van der Waals surface area (Å²) in [6.07, 6.45) is 0.858. The Hall–Kier alpha value is -2.21. The first kappa shape index (κ1) is 16.2. The van der Waals surface area contributed by atoms with Crippen LogP contribution >= 0.6 is 0 Å². The zero-order valence-corrected chi connectivity index (χ0v) is 13.1. The van der Waals surface area contributed by atoms with Crippen LogP contribution in [0.3, 0.4) is 0 Å². The molecule has 1 aromatic heterocycles. The fourth-order valence-corrected chi connectivity index (χ4v) is 2.36. The van der Waals surface area contributed by atoms with Gasteiger partial charge in [-0.05, 0) is 32.4 Å². The molecule has 0 amide bonds.